The average Bonchev–Trinajstić information content (AvgIpc) is 2.86. The van der Waals surface area contributed by atoms with E-state index < -0.39 is 0 Å². The number of rotatable bonds is 4. The van der Waals surface area contributed by atoms with Crippen LogP contribution in [0.2, 0.25) is 0 Å². The first-order valence-corrected chi connectivity index (χ1v) is 7.10. The fourth-order valence-corrected chi connectivity index (χ4v) is 2.56. The highest BCUT2D eigenvalue weighted by Gasteiger charge is 2.19. The van der Waals surface area contributed by atoms with E-state index in [-0.39, 0.29) is 5.91 Å². The molecule has 2 rings (SSSR count). The van der Waals surface area contributed by atoms with Crippen molar-refractivity contribution in [2.24, 2.45) is 0 Å². The summed E-state index contributed by atoms with van der Waals surface area (Å²) in [4.78, 5) is 14.0. The van der Waals surface area contributed by atoms with Crippen molar-refractivity contribution in [2.75, 3.05) is 13.6 Å². The zero-order valence-electron chi connectivity index (χ0n) is 12.2. The van der Waals surface area contributed by atoms with Crippen molar-refractivity contribution in [3.63, 3.8) is 0 Å². The Kier molecular flexibility index (Phi) is 4.59. The number of aryl methyl sites for hydroxylation is 2. The summed E-state index contributed by atoms with van der Waals surface area (Å²) in [5.41, 5.74) is 3.79. The Labute approximate surface area is 116 Å². The van der Waals surface area contributed by atoms with Crippen LogP contribution in [0.3, 0.4) is 0 Å². The Morgan fingerprint density at radius 2 is 2.16 bits per heavy atom. The van der Waals surface area contributed by atoms with Gasteiger partial charge in [-0.25, -0.2) is 0 Å². The SMILES string of the molecule is Cc1ccc(CN(C)C(=O)CC2CCCN2)cc1C. The first-order chi connectivity index (χ1) is 9.06. The number of hydrogen-bond donors (Lipinski definition) is 1. The van der Waals surface area contributed by atoms with Gasteiger partial charge in [0.25, 0.3) is 0 Å². The molecule has 3 heteroatoms. The van der Waals surface area contributed by atoms with E-state index >= 15 is 0 Å². The lowest BCUT2D eigenvalue weighted by atomic mass is 10.1. The van der Waals surface area contributed by atoms with E-state index in [0.29, 0.717) is 19.0 Å². The Hall–Kier alpha value is -1.35. The first-order valence-electron chi connectivity index (χ1n) is 7.10. The van der Waals surface area contributed by atoms with Crippen LogP contribution in [-0.4, -0.2) is 30.4 Å². The van der Waals surface area contributed by atoms with Gasteiger partial charge in [-0.2, -0.15) is 0 Å². The maximum absolute atomic E-state index is 12.1. The second kappa shape index (κ2) is 6.20. The van der Waals surface area contributed by atoms with Gasteiger partial charge in [0.2, 0.25) is 5.91 Å². The molecule has 1 unspecified atom stereocenters. The molecule has 3 nitrogen and oxygen atoms in total. The van der Waals surface area contributed by atoms with Crippen LogP contribution in [0.1, 0.15) is 36.0 Å². The second-order valence-electron chi connectivity index (χ2n) is 5.67. The van der Waals surface area contributed by atoms with Crippen molar-refractivity contribution < 1.29 is 4.79 Å². The quantitative estimate of drug-likeness (QED) is 0.901. The number of benzene rings is 1. The van der Waals surface area contributed by atoms with Gasteiger partial charge in [0.1, 0.15) is 0 Å². The largest absolute Gasteiger partial charge is 0.341 e. The molecule has 1 aliphatic heterocycles. The minimum atomic E-state index is 0.234. The topological polar surface area (TPSA) is 32.3 Å². The molecule has 0 bridgehead atoms. The van der Waals surface area contributed by atoms with Crippen molar-refractivity contribution >= 4 is 5.91 Å². The number of amides is 1. The van der Waals surface area contributed by atoms with Crippen LogP contribution in [0, 0.1) is 13.8 Å². The third-order valence-corrected chi connectivity index (χ3v) is 4.00. The van der Waals surface area contributed by atoms with Crippen molar-refractivity contribution in [3.05, 3.63) is 34.9 Å². The molecule has 1 atom stereocenters. The van der Waals surface area contributed by atoms with Gasteiger partial charge in [-0.05, 0) is 49.9 Å². The van der Waals surface area contributed by atoms with Gasteiger partial charge in [-0.1, -0.05) is 18.2 Å². The smallest absolute Gasteiger partial charge is 0.224 e. The summed E-state index contributed by atoms with van der Waals surface area (Å²) < 4.78 is 0. The zero-order chi connectivity index (χ0) is 13.8. The van der Waals surface area contributed by atoms with E-state index in [1.165, 1.54) is 23.1 Å². The normalized spacial score (nSPS) is 18.6. The predicted molar refractivity (Wildman–Crippen MR) is 78.0 cm³/mol. The standard InChI is InChI=1S/C16H24N2O/c1-12-6-7-14(9-13(12)2)11-18(3)16(19)10-15-5-4-8-17-15/h6-7,9,15,17H,4-5,8,10-11H2,1-3H3. The third-order valence-electron chi connectivity index (χ3n) is 4.00. The first kappa shape index (κ1) is 14.1. The summed E-state index contributed by atoms with van der Waals surface area (Å²) in [6.07, 6.45) is 2.95. The molecule has 1 amide bonds. The van der Waals surface area contributed by atoms with E-state index in [9.17, 15) is 4.79 Å². The Balaban J connectivity index is 1.90. The molecule has 1 saturated heterocycles. The minimum absolute atomic E-state index is 0.234. The van der Waals surface area contributed by atoms with Crippen LogP contribution in [0.25, 0.3) is 0 Å². The third kappa shape index (κ3) is 3.80. The molecule has 0 spiro atoms. The average molecular weight is 260 g/mol. The van der Waals surface area contributed by atoms with E-state index in [4.69, 9.17) is 0 Å². The highest BCUT2D eigenvalue weighted by Crippen LogP contribution is 2.14. The maximum atomic E-state index is 12.1. The predicted octanol–water partition coefficient (Wildman–Crippen LogP) is 2.40. The molecule has 1 aromatic carbocycles. The summed E-state index contributed by atoms with van der Waals surface area (Å²) in [5, 5.41) is 3.38. The molecule has 1 fully saturated rings. The highest BCUT2D eigenvalue weighted by molar-refractivity contribution is 5.76. The van der Waals surface area contributed by atoms with Crippen LogP contribution in [0.5, 0.6) is 0 Å². The lowest BCUT2D eigenvalue weighted by Crippen LogP contribution is -2.33. The number of hydrogen-bond acceptors (Lipinski definition) is 2. The summed E-state index contributed by atoms with van der Waals surface area (Å²) in [5.74, 6) is 0.234. The van der Waals surface area contributed by atoms with Crippen LogP contribution < -0.4 is 5.32 Å². The summed E-state index contributed by atoms with van der Waals surface area (Å²) in [6, 6.07) is 6.80. The number of carbonyl (C=O) groups excluding carboxylic acids is 1. The molecule has 1 aromatic rings. The van der Waals surface area contributed by atoms with Gasteiger partial charge >= 0.3 is 0 Å². The lowest BCUT2D eigenvalue weighted by Gasteiger charge is -2.20. The van der Waals surface area contributed by atoms with Crippen molar-refractivity contribution in [1.29, 1.82) is 0 Å². The molecule has 19 heavy (non-hydrogen) atoms. The second-order valence-corrected chi connectivity index (χ2v) is 5.67. The Morgan fingerprint density at radius 3 is 2.79 bits per heavy atom. The van der Waals surface area contributed by atoms with E-state index in [2.05, 4.69) is 37.4 Å². The monoisotopic (exact) mass is 260 g/mol. The molecule has 0 aromatic heterocycles. The highest BCUT2D eigenvalue weighted by atomic mass is 16.2. The molecule has 104 valence electrons. The summed E-state index contributed by atoms with van der Waals surface area (Å²) in [7, 11) is 1.90. The fourth-order valence-electron chi connectivity index (χ4n) is 2.56. The van der Waals surface area contributed by atoms with Gasteiger partial charge in [0.15, 0.2) is 0 Å². The van der Waals surface area contributed by atoms with Gasteiger partial charge in [0, 0.05) is 26.1 Å². The summed E-state index contributed by atoms with van der Waals surface area (Å²) in [6.45, 7) is 5.98. The lowest BCUT2D eigenvalue weighted by molar-refractivity contribution is -0.130. The maximum Gasteiger partial charge on any atom is 0.224 e. The Morgan fingerprint density at radius 1 is 1.37 bits per heavy atom. The van der Waals surface area contributed by atoms with Crippen LogP contribution in [-0.2, 0) is 11.3 Å². The van der Waals surface area contributed by atoms with Gasteiger partial charge in [0.05, 0.1) is 0 Å². The zero-order valence-corrected chi connectivity index (χ0v) is 12.2. The summed E-state index contributed by atoms with van der Waals surface area (Å²) >= 11 is 0. The minimum Gasteiger partial charge on any atom is -0.341 e. The van der Waals surface area contributed by atoms with Crippen molar-refractivity contribution in [3.8, 4) is 0 Å². The van der Waals surface area contributed by atoms with E-state index in [0.717, 1.165) is 13.0 Å². The molecule has 0 saturated carbocycles. The number of carbonyl (C=O) groups is 1. The fraction of sp³-hybridized carbons (Fsp3) is 0.562. The molecule has 1 aliphatic rings. The van der Waals surface area contributed by atoms with E-state index in [1.807, 2.05) is 11.9 Å². The number of nitrogens with one attached hydrogen (secondary N) is 1. The molecule has 1 N–H and O–H groups in total. The molecule has 0 aliphatic carbocycles. The van der Waals surface area contributed by atoms with Crippen LogP contribution in [0.15, 0.2) is 18.2 Å². The molecule has 0 radical (unpaired) electrons. The molecular weight excluding hydrogens is 236 g/mol. The van der Waals surface area contributed by atoms with Gasteiger partial charge in [-0.15, -0.1) is 0 Å². The molecular formula is C16H24N2O. The van der Waals surface area contributed by atoms with Crippen molar-refractivity contribution in [1.82, 2.24) is 10.2 Å². The van der Waals surface area contributed by atoms with Crippen LogP contribution in [0.4, 0.5) is 0 Å². The van der Waals surface area contributed by atoms with Crippen molar-refractivity contribution in [2.45, 2.75) is 45.7 Å². The van der Waals surface area contributed by atoms with Crippen LogP contribution >= 0.6 is 0 Å². The Bertz CT molecular complexity index is 450. The van der Waals surface area contributed by atoms with Gasteiger partial charge in [-0.3, -0.25) is 4.79 Å². The molecule has 1 heterocycles. The van der Waals surface area contributed by atoms with E-state index in [1.54, 1.807) is 0 Å². The van der Waals surface area contributed by atoms with Gasteiger partial charge < -0.3 is 10.2 Å². The number of nitrogens with zero attached hydrogens (tertiary/aromatic N) is 1.